The van der Waals surface area contributed by atoms with E-state index in [1.165, 1.54) is 17.4 Å². The number of fused-ring (bicyclic) bond motifs is 1. The van der Waals surface area contributed by atoms with Crippen LogP contribution < -0.4 is 10.2 Å². The largest absolute Gasteiger partial charge is 0.317 e. The maximum absolute atomic E-state index is 14.3. The predicted octanol–water partition coefficient (Wildman–Crippen LogP) is 6.04. The SMILES string of the molecule is CCSc1ccc(CC(=O)Nc2cc3c(s2)C(=O)N(c2ccccc2Cl)CC3)c(F)c1. The topological polar surface area (TPSA) is 49.4 Å². The van der Waals surface area contributed by atoms with E-state index in [1.807, 2.05) is 37.3 Å². The highest BCUT2D eigenvalue weighted by Gasteiger charge is 2.29. The number of para-hydroxylation sites is 1. The van der Waals surface area contributed by atoms with E-state index in [4.69, 9.17) is 11.6 Å². The minimum Gasteiger partial charge on any atom is -0.317 e. The first-order chi connectivity index (χ1) is 15.0. The van der Waals surface area contributed by atoms with Crippen molar-refractivity contribution in [1.82, 2.24) is 0 Å². The van der Waals surface area contributed by atoms with Crippen LogP contribution in [0.15, 0.2) is 53.4 Å². The van der Waals surface area contributed by atoms with E-state index in [-0.39, 0.29) is 24.1 Å². The van der Waals surface area contributed by atoms with E-state index in [0.29, 0.717) is 39.1 Å². The molecule has 3 aromatic rings. The highest BCUT2D eigenvalue weighted by molar-refractivity contribution is 7.99. The molecule has 0 saturated heterocycles. The summed E-state index contributed by atoms with van der Waals surface area (Å²) in [6, 6.07) is 14.0. The van der Waals surface area contributed by atoms with E-state index in [1.54, 1.807) is 28.8 Å². The summed E-state index contributed by atoms with van der Waals surface area (Å²) in [5.41, 5.74) is 1.93. The van der Waals surface area contributed by atoms with Gasteiger partial charge < -0.3 is 10.2 Å². The first-order valence-electron chi connectivity index (χ1n) is 9.86. The highest BCUT2D eigenvalue weighted by atomic mass is 35.5. The third kappa shape index (κ3) is 4.79. The molecule has 0 spiro atoms. The number of halogens is 2. The lowest BCUT2D eigenvalue weighted by Gasteiger charge is -2.27. The van der Waals surface area contributed by atoms with E-state index < -0.39 is 0 Å². The van der Waals surface area contributed by atoms with Gasteiger partial charge >= 0.3 is 0 Å². The number of carbonyl (C=O) groups is 2. The molecule has 0 atom stereocenters. The summed E-state index contributed by atoms with van der Waals surface area (Å²) in [6.07, 6.45) is 0.606. The van der Waals surface area contributed by atoms with Crippen molar-refractivity contribution in [3.8, 4) is 0 Å². The van der Waals surface area contributed by atoms with Crippen LogP contribution in [0.2, 0.25) is 5.02 Å². The molecule has 2 amide bonds. The lowest BCUT2D eigenvalue weighted by atomic mass is 10.1. The van der Waals surface area contributed by atoms with E-state index in [2.05, 4.69) is 5.32 Å². The molecule has 1 aliphatic heterocycles. The van der Waals surface area contributed by atoms with Crippen molar-refractivity contribution < 1.29 is 14.0 Å². The Bertz CT molecular complexity index is 1150. The van der Waals surface area contributed by atoms with Gasteiger partial charge in [-0.15, -0.1) is 23.1 Å². The van der Waals surface area contributed by atoms with Crippen LogP contribution in [-0.2, 0) is 17.6 Å². The average molecular weight is 475 g/mol. The van der Waals surface area contributed by atoms with Gasteiger partial charge in [-0.05, 0) is 53.6 Å². The number of thioether (sulfide) groups is 1. The molecule has 31 heavy (non-hydrogen) atoms. The molecule has 2 heterocycles. The fraction of sp³-hybridized carbons (Fsp3) is 0.217. The van der Waals surface area contributed by atoms with Crippen molar-refractivity contribution in [2.45, 2.75) is 24.7 Å². The Balaban J connectivity index is 1.46. The first-order valence-corrected chi connectivity index (χ1v) is 12.0. The Morgan fingerprint density at radius 2 is 2.06 bits per heavy atom. The maximum Gasteiger partial charge on any atom is 0.268 e. The molecule has 0 bridgehead atoms. The molecule has 2 aromatic carbocycles. The standard InChI is InChI=1S/C23H20ClFN2O2S2/c1-2-30-16-8-7-14(18(25)13-16)11-20(28)26-21-12-15-9-10-27(23(29)22(15)31-21)19-6-4-3-5-17(19)24/h3-8,12-13H,2,9-11H2,1H3,(H,26,28). The van der Waals surface area contributed by atoms with Crippen molar-refractivity contribution in [3.63, 3.8) is 0 Å². The van der Waals surface area contributed by atoms with Gasteiger partial charge in [0.25, 0.3) is 5.91 Å². The maximum atomic E-state index is 14.3. The minimum absolute atomic E-state index is 0.0643. The van der Waals surface area contributed by atoms with Gasteiger partial charge in [-0.25, -0.2) is 4.39 Å². The Kier molecular flexibility index (Phi) is 6.65. The van der Waals surface area contributed by atoms with Crippen molar-refractivity contribution in [2.24, 2.45) is 0 Å². The molecule has 0 fully saturated rings. The van der Waals surface area contributed by atoms with Crippen molar-refractivity contribution in [1.29, 1.82) is 0 Å². The molecule has 1 aliphatic rings. The Morgan fingerprint density at radius 1 is 1.26 bits per heavy atom. The van der Waals surface area contributed by atoms with Crippen LogP contribution in [0.25, 0.3) is 0 Å². The van der Waals surface area contributed by atoms with Gasteiger partial charge in [0.05, 0.1) is 27.0 Å². The molecule has 0 saturated carbocycles. The lowest BCUT2D eigenvalue weighted by Crippen LogP contribution is -2.36. The molecule has 1 N–H and O–H groups in total. The van der Waals surface area contributed by atoms with Gasteiger partial charge in [-0.3, -0.25) is 9.59 Å². The molecule has 160 valence electrons. The van der Waals surface area contributed by atoms with Crippen molar-refractivity contribution >= 4 is 57.2 Å². The number of rotatable bonds is 6. The number of hydrogen-bond acceptors (Lipinski definition) is 4. The van der Waals surface area contributed by atoms with Crippen LogP contribution >= 0.6 is 34.7 Å². The second-order valence-corrected chi connectivity index (χ2v) is 9.83. The van der Waals surface area contributed by atoms with Crippen LogP contribution in [0.5, 0.6) is 0 Å². The number of anilines is 2. The Morgan fingerprint density at radius 3 is 2.81 bits per heavy atom. The smallest absolute Gasteiger partial charge is 0.268 e. The van der Waals surface area contributed by atoms with Gasteiger partial charge in [-0.2, -0.15) is 0 Å². The molecule has 4 nitrogen and oxygen atoms in total. The van der Waals surface area contributed by atoms with Crippen LogP contribution in [0, 0.1) is 5.82 Å². The number of nitrogens with zero attached hydrogens (tertiary/aromatic N) is 1. The number of hydrogen-bond donors (Lipinski definition) is 1. The van der Waals surface area contributed by atoms with Crippen LogP contribution in [-0.4, -0.2) is 24.1 Å². The summed E-state index contributed by atoms with van der Waals surface area (Å²) in [7, 11) is 0. The quantitative estimate of drug-likeness (QED) is 0.443. The first kappa shape index (κ1) is 21.9. The predicted molar refractivity (Wildman–Crippen MR) is 126 cm³/mol. The average Bonchev–Trinajstić information content (AvgIpc) is 3.15. The van der Waals surface area contributed by atoms with Gasteiger partial charge in [0.15, 0.2) is 0 Å². The molecule has 4 rings (SSSR count). The lowest BCUT2D eigenvalue weighted by molar-refractivity contribution is -0.115. The molecule has 1 aromatic heterocycles. The second kappa shape index (κ2) is 9.42. The minimum atomic E-state index is -0.385. The number of amides is 2. The fourth-order valence-corrected chi connectivity index (χ4v) is 5.49. The highest BCUT2D eigenvalue weighted by Crippen LogP contribution is 2.35. The molecular weight excluding hydrogens is 455 g/mol. The van der Waals surface area contributed by atoms with E-state index in [9.17, 15) is 14.0 Å². The molecule has 0 aliphatic carbocycles. The third-order valence-electron chi connectivity index (χ3n) is 4.95. The monoisotopic (exact) mass is 474 g/mol. The summed E-state index contributed by atoms with van der Waals surface area (Å²) in [6.45, 7) is 2.52. The normalized spacial score (nSPS) is 13.3. The van der Waals surface area contributed by atoms with Gasteiger partial charge in [0.1, 0.15) is 5.82 Å². The molecule has 8 heteroatoms. The third-order valence-corrected chi connectivity index (χ3v) is 7.22. The number of benzene rings is 2. The van der Waals surface area contributed by atoms with E-state index in [0.717, 1.165) is 16.2 Å². The summed E-state index contributed by atoms with van der Waals surface area (Å²) in [5.74, 6) is 0.0259. The Labute approximate surface area is 193 Å². The van der Waals surface area contributed by atoms with Crippen molar-refractivity contribution in [2.75, 3.05) is 22.5 Å². The summed E-state index contributed by atoms with van der Waals surface area (Å²) >= 11 is 9.05. The zero-order valence-corrected chi connectivity index (χ0v) is 19.2. The van der Waals surface area contributed by atoms with Crippen LogP contribution in [0.4, 0.5) is 15.1 Å². The Hall–Kier alpha value is -2.35. The van der Waals surface area contributed by atoms with Crippen LogP contribution in [0.1, 0.15) is 27.7 Å². The van der Waals surface area contributed by atoms with Gasteiger partial charge in [0.2, 0.25) is 5.91 Å². The zero-order valence-electron chi connectivity index (χ0n) is 16.8. The second-order valence-electron chi connectivity index (χ2n) is 7.03. The summed E-state index contributed by atoms with van der Waals surface area (Å²) < 4.78 is 14.3. The van der Waals surface area contributed by atoms with E-state index >= 15 is 0 Å². The fourth-order valence-electron chi connectivity index (χ4n) is 3.50. The number of thiophene rings is 1. The number of carbonyl (C=O) groups excluding carboxylic acids is 2. The summed E-state index contributed by atoms with van der Waals surface area (Å²) in [4.78, 5) is 28.6. The molecule has 0 radical (unpaired) electrons. The van der Waals surface area contributed by atoms with Crippen molar-refractivity contribution in [3.05, 3.63) is 75.4 Å². The zero-order chi connectivity index (χ0) is 22.0. The molecular formula is C23H20ClFN2O2S2. The van der Waals surface area contributed by atoms with Gasteiger partial charge in [-0.1, -0.05) is 36.7 Å². The van der Waals surface area contributed by atoms with Gasteiger partial charge in [0, 0.05) is 11.4 Å². The number of nitrogens with one attached hydrogen (secondary N) is 1. The molecule has 0 unspecified atom stereocenters. The van der Waals surface area contributed by atoms with Crippen LogP contribution in [0.3, 0.4) is 0 Å². The summed E-state index contributed by atoms with van der Waals surface area (Å²) in [5, 5.41) is 3.92.